The number of carboxylic acids is 1. The Hall–Kier alpha value is -2.18. The summed E-state index contributed by atoms with van der Waals surface area (Å²) in [5.41, 5.74) is 0.0931. The third-order valence-electron chi connectivity index (χ3n) is 5.85. The maximum atomic E-state index is 14.7. The number of urea groups is 1. The number of alkyl halides is 1. The molecule has 2 fully saturated rings. The molecule has 27 heavy (non-hydrogen) atoms. The zero-order valence-electron chi connectivity index (χ0n) is 15.2. The van der Waals surface area contributed by atoms with Crippen LogP contribution in [0.2, 0.25) is 0 Å². The number of nitrogens with zero attached hydrogens (tertiary/aromatic N) is 1. The van der Waals surface area contributed by atoms with Gasteiger partial charge in [-0.15, -0.1) is 0 Å². The first-order valence-corrected chi connectivity index (χ1v) is 9.62. The lowest BCUT2D eigenvalue weighted by molar-refractivity contribution is -0.142. The van der Waals surface area contributed by atoms with Crippen LogP contribution in [0.5, 0.6) is 0 Å². The molecule has 2 N–H and O–H groups in total. The van der Waals surface area contributed by atoms with Crippen molar-refractivity contribution >= 4 is 12.0 Å². The van der Waals surface area contributed by atoms with Gasteiger partial charge in [-0.2, -0.15) is 0 Å². The van der Waals surface area contributed by atoms with Gasteiger partial charge in [0.05, 0.1) is 5.92 Å². The number of benzene rings is 1. The molecule has 1 heterocycles. The van der Waals surface area contributed by atoms with Gasteiger partial charge >= 0.3 is 12.0 Å². The highest BCUT2D eigenvalue weighted by Gasteiger charge is 2.32. The lowest BCUT2D eigenvalue weighted by Crippen LogP contribution is -2.49. The molecule has 1 aliphatic heterocycles. The number of hydrogen-bond acceptors (Lipinski definition) is 2. The molecule has 5 nitrogen and oxygen atoms in total. The predicted octanol–water partition coefficient (Wildman–Crippen LogP) is 3.90. The average molecular weight is 380 g/mol. The van der Waals surface area contributed by atoms with E-state index in [9.17, 15) is 18.4 Å². The van der Waals surface area contributed by atoms with Crippen molar-refractivity contribution in [2.24, 2.45) is 11.8 Å². The Bertz CT molecular complexity index is 669. The second kappa shape index (κ2) is 8.67. The van der Waals surface area contributed by atoms with Crippen LogP contribution in [0.3, 0.4) is 0 Å². The van der Waals surface area contributed by atoms with Gasteiger partial charge in [0, 0.05) is 24.7 Å². The lowest BCUT2D eigenvalue weighted by atomic mass is 9.86. The van der Waals surface area contributed by atoms with Gasteiger partial charge in [0.2, 0.25) is 0 Å². The number of likely N-dealkylation sites (tertiary alicyclic amines) is 1. The first-order chi connectivity index (χ1) is 13.0. The number of carboxylic acid groups (broad SMARTS) is 1. The monoisotopic (exact) mass is 380 g/mol. The molecule has 3 rings (SSSR count). The van der Waals surface area contributed by atoms with Gasteiger partial charge in [-0.3, -0.25) is 4.79 Å². The molecule has 1 aromatic rings. The Morgan fingerprint density at radius 3 is 2.30 bits per heavy atom. The quantitative estimate of drug-likeness (QED) is 0.832. The number of halogens is 2. The van der Waals surface area contributed by atoms with Crippen LogP contribution in [0.15, 0.2) is 24.3 Å². The first-order valence-electron chi connectivity index (χ1n) is 9.62. The van der Waals surface area contributed by atoms with Gasteiger partial charge in [0.25, 0.3) is 0 Å². The van der Waals surface area contributed by atoms with E-state index in [2.05, 4.69) is 5.32 Å². The minimum absolute atomic E-state index is 0.00170. The maximum Gasteiger partial charge on any atom is 0.317 e. The molecular weight excluding hydrogens is 354 g/mol. The Balaban J connectivity index is 1.46. The highest BCUT2D eigenvalue weighted by Crippen LogP contribution is 2.35. The fraction of sp³-hybridized carbons (Fsp3) is 0.600. The molecule has 1 saturated carbocycles. The van der Waals surface area contributed by atoms with Gasteiger partial charge in [-0.05, 0) is 50.5 Å². The standard InChI is InChI=1S/C20H26F2N2O3/c21-17-4-2-1-3-16(17)18(22)13-9-11-24(12-10-13)20(27)23-15-7-5-14(6-8-15)19(25)26/h1-4,13-15,18H,5-12H2,(H,23,27)(H,25,26). The predicted molar refractivity (Wildman–Crippen MR) is 96.5 cm³/mol. The number of aliphatic carboxylic acids is 1. The fourth-order valence-electron chi connectivity index (χ4n) is 4.10. The number of hydrogen-bond donors (Lipinski definition) is 2. The number of amides is 2. The van der Waals surface area contributed by atoms with E-state index in [1.54, 1.807) is 17.0 Å². The first kappa shape index (κ1) is 19.6. The van der Waals surface area contributed by atoms with E-state index in [1.807, 2.05) is 0 Å². The Labute approximate surface area is 157 Å². The largest absolute Gasteiger partial charge is 0.481 e. The zero-order chi connectivity index (χ0) is 19.4. The fourth-order valence-corrected chi connectivity index (χ4v) is 4.10. The van der Waals surface area contributed by atoms with Crippen molar-refractivity contribution in [3.63, 3.8) is 0 Å². The molecule has 1 aromatic carbocycles. The third kappa shape index (κ3) is 4.76. The Morgan fingerprint density at radius 1 is 1.07 bits per heavy atom. The van der Waals surface area contributed by atoms with Crippen molar-refractivity contribution in [3.05, 3.63) is 35.6 Å². The summed E-state index contributed by atoms with van der Waals surface area (Å²) in [6.07, 6.45) is 2.12. The summed E-state index contributed by atoms with van der Waals surface area (Å²) >= 11 is 0. The molecule has 148 valence electrons. The molecule has 0 radical (unpaired) electrons. The molecule has 7 heteroatoms. The Morgan fingerprint density at radius 2 is 1.70 bits per heavy atom. The molecule has 1 unspecified atom stereocenters. The highest BCUT2D eigenvalue weighted by molar-refractivity contribution is 5.74. The molecule has 0 spiro atoms. The van der Waals surface area contributed by atoms with E-state index in [0.717, 1.165) is 0 Å². The summed E-state index contributed by atoms with van der Waals surface area (Å²) in [7, 11) is 0. The van der Waals surface area contributed by atoms with Gasteiger partial charge in [0.1, 0.15) is 12.0 Å². The van der Waals surface area contributed by atoms with E-state index in [4.69, 9.17) is 5.11 Å². The van der Waals surface area contributed by atoms with Crippen LogP contribution in [0.25, 0.3) is 0 Å². The second-order valence-electron chi connectivity index (χ2n) is 7.58. The van der Waals surface area contributed by atoms with Crippen LogP contribution >= 0.6 is 0 Å². The van der Waals surface area contributed by atoms with Crippen LogP contribution in [0.4, 0.5) is 13.6 Å². The van der Waals surface area contributed by atoms with Gasteiger partial charge < -0.3 is 15.3 Å². The summed E-state index contributed by atoms with van der Waals surface area (Å²) < 4.78 is 28.5. The van der Waals surface area contributed by atoms with Crippen molar-refractivity contribution in [2.75, 3.05) is 13.1 Å². The number of carbonyl (C=O) groups is 2. The summed E-state index contributed by atoms with van der Waals surface area (Å²) in [6.45, 7) is 0.881. The number of carbonyl (C=O) groups excluding carboxylic acids is 1. The van der Waals surface area contributed by atoms with Crippen molar-refractivity contribution in [1.29, 1.82) is 0 Å². The highest BCUT2D eigenvalue weighted by atomic mass is 19.1. The summed E-state index contributed by atoms with van der Waals surface area (Å²) in [5.74, 6) is -1.90. The number of piperidine rings is 1. The van der Waals surface area contributed by atoms with Crippen molar-refractivity contribution in [3.8, 4) is 0 Å². The lowest BCUT2D eigenvalue weighted by Gasteiger charge is -2.35. The second-order valence-corrected chi connectivity index (χ2v) is 7.58. The summed E-state index contributed by atoms with van der Waals surface area (Å²) in [6, 6.07) is 5.75. The molecule has 2 amide bonds. The summed E-state index contributed by atoms with van der Waals surface area (Å²) in [4.78, 5) is 25.1. The smallest absolute Gasteiger partial charge is 0.317 e. The molecule has 0 bridgehead atoms. The van der Waals surface area contributed by atoms with Crippen molar-refractivity contribution in [2.45, 2.75) is 50.7 Å². The van der Waals surface area contributed by atoms with Crippen molar-refractivity contribution < 1.29 is 23.5 Å². The van der Waals surface area contributed by atoms with Crippen LogP contribution in [-0.4, -0.2) is 41.1 Å². The van der Waals surface area contributed by atoms with E-state index < -0.39 is 18.0 Å². The molecular formula is C20H26F2N2O3. The molecule has 2 aliphatic rings. The number of nitrogens with one attached hydrogen (secondary N) is 1. The van der Waals surface area contributed by atoms with Crippen LogP contribution in [-0.2, 0) is 4.79 Å². The van der Waals surface area contributed by atoms with Crippen LogP contribution < -0.4 is 5.32 Å². The molecule has 1 aliphatic carbocycles. The molecule has 1 atom stereocenters. The summed E-state index contributed by atoms with van der Waals surface area (Å²) in [5, 5.41) is 12.0. The van der Waals surface area contributed by atoms with Crippen molar-refractivity contribution in [1.82, 2.24) is 10.2 Å². The topological polar surface area (TPSA) is 69.6 Å². The normalized spacial score (nSPS) is 25.0. The van der Waals surface area contributed by atoms with E-state index >= 15 is 0 Å². The van der Waals surface area contributed by atoms with Gasteiger partial charge in [-0.1, -0.05) is 18.2 Å². The Kier molecular flexibility index (Phi) is 6.29. The van der Waals surface area contributed by atoms with Crippen LogP contribution in [0.1, 0.15) is 50.3 Å². The van der Waals surface area contributed by atoms with Gasteiger partial charge in [-0.25, -0.2) is 13.6 Å². The van der Waals surface area contributed by atoms with E-state index in [1.165, 1.54) is 12.1 Å². The molecule has 1 saturated heterocycles. The van der Waals surface area contributed by atoms with Gasteiger partial charge in [0.15, 0.2) is 0 Å². The molecule has 0 aromatic heterocycles. The maximum absolute atomic E-state index is 14.7. The van der Waals surface area contributed by atoms with E-state index in [-0.39, 0.29) is 29.5 Å². The van der Waals surface area contributed by atoms with Crippen LogP contribution in [0, 0.1) is 17.7 Å². The third-order valence-corrected chi connectivity index (χ3v) is 5.85. The minimum Gasteiger partial charge on any atom is -0.481 e. The average Bonchev–Trinajstić information content (AvgIpc) is 2.68. The zero-order valence-corrected chi connectivity index (χ0v) is 15.2. The number of rotatable bonds is 4. The SMILES string of the molecule is O=C(O)C1CCC(NC(=O)N2CCC(C(F)c3ccccc3F)CC2)CC1. The minimum atomic E-state index is -1.36. The van der Waals surface area contributed by atoms with E-state index in [0.29, 0.717) is 51.6 Å².